The first-order chi connectivity index (χ1) is 8.99. The molecule has 19 heavy (non-hydrogen) atoms. The van der Waals surface area contributed by atoms with E-state index in [2.05, 4.69) is 5.32 Å². The first kappa shape index (κ1) is 12.2. The van der Waals surface area contributed by atoms with Gasteiger partial charge in [-0.2, -0.15) is 0 Å². The summed E-state index contributed by atoms with van der Waals surface area (Å²) in [5.74, 6) is -0.895. The van der Waals surface area contributed by atoms with Crippen LogP contribution in [-0.2, 0) is 20.1 Å². The molecule has 5 nitrogen and oxygen atoms in total. The standard InChI is InChI=1S/C13H12ClNO4/c1-7-5-8(13(2)17-3-4-18-13)10-9(6-7)15-12(16)11(14)19-10/h3-6,11H,1-2H3,(H,15,16). The van der Waals surface area contributed by atoms with Crippen LogP contribution in [0.3, 0.4) is 0 Å². The van der Waals surface area contributed by atoms with Crippen LogP contribution in [0.25, 0.3) is 0 Å². The molecule has 1 N–H and O–H groups in total. The molecule has 2 aliphatic rings. The van der Waals surface area contributed by atoms with Gasteiger partial charge in [-0.1, -0.05) is 11.6 Å². The van der Waals surface area contributed by atoms with Crippen LogP contribution in [0.5, 0.6) is 5.75 Å². The van der Waals surface area contributed by atoms with Gasteiger partial charge >= 0.3 is 0 Å². The van der Waals surface area contributed by atoms with Crippen molar-refractivity contribution in [2.24, 2.45) is 0 Å². The van der Waals surface area contributed by atoms with Gasteiger partial charge in [-0.25, -0.2) is 0 Å². The number of carbonyl (C=O) groups is 1. The highest BCUT2D eigenvalue weighted by Gasteiger charge is 2.39. The van der Waals surface area contributed by atoms with E-state index in [-0.39, 0.29) is 5.91 Å². The predicted molar refractivity (Wildman–Crippen MR) is 68.7 cm³/mol. The minimum Gasteiger partial charge on any atom is -0.462 e. The SMILES string of the molecule is Cc1cc2c(c(C3(C)OC=CO3)c1)OC(Cl)C(=O)N2. The molecular formula is C13H12ClNO4. The number of hydrogen-bond acceptors (Lipinski definition) is 4. The van der Waals surface area contributed by atoms with Crippen molar-refractivity contribution in [1.29, 1.82) is 0 Å². The van der Waals surface area contributed by atoms with Crippen molar-refractivity contribution < 1.29 is 19.0 Å². The summed E-state index contributed by atoms with van der Waals surface area (Å²) in [7, 11) is 0. The molecule has 1 aromatic rings. The van der Waals surface area contributed by atoms with Crippen molar-refractivity contribution in [2.45, 2.75) is 25.2 Å². The molecule has 0 spiro atoms. The summed E-state index contributed by atoms with van der Waals surface area (Å²) < 4.78 is 16.4. The van der Waals surface area contributed by atoms with Crippen molar-refractivity contribution in [3.05, 3.63) is 35.8 Å². The molecule has 2 heterocycles. The number of hydrogen-bond donors (Lipinski definition) is 1. The minimum atomic E-state index is -1.06. The summed E-state index contributed by atoms with van der Waals surface area (Å²) in [6.07, 6.45) is 2.93. The quantitative estimate of drug-likeness (QED) is 0.804. The number of fused-ring (bicyclic) bond motifs is 1. The Morgan fingerprint density at radius 1 is 1.32 bits per heavy atom. The van der Waals surface area contributed by atoms with E-state index in [1.807, 2.05) is 19.1 Å². The smallest absolute Gasteiger partial charge is 0.281 e. The highest BCUT2D eigenvalue weighted by atomic mass is 35.5. The molecule has 100 valence electrons. The normalized spacial score (nSPS) is 22.9. The lowest BCUT2D eigenvalue weighted by Crippen LogP contribution is -2.35. The van der Waals surface area contributed by atoms with Crippen molar-refractivity contribution in [1.82, 2.24) is 0 Å². The number of ether oxygens (including phenoxy) is 3. The predicted octanol–water partition coefficient (Wildman–Crippen LogP) is 2.58. The highest BCUT2D eigenvalue weighted by molar-refractivity contribution is 6.32. The zero-order chi connectivity index (χ0) is 13.6. The van der Waals surface area contributed by atoms with E-state index in [4.69, 9.17) is 25.8 Å². The van der Waals surface area contributed by atoms with Gasteiger partial charge in [-0.05, 0) is 24.6 Å². The third-order valence-electron chi connectivity index (χ3n) is 3.05. The second kappa shape index (κ2) is 4.06. The van der Waals surface area contributed by atoms with Gasteiger partial charge in [-0.3, -0.25) is 4.79 Å². The van der Waals surface area contributed by atoms with Crippen molar-refractivity contribution in [3.63, 3.8) is 0 Å². The zero-order valence-electron chi connectivity index (χ0n) is 10.4. The van der Waals surface area contributed by atoms with Gasteiger partial charge in [0.2, 0.25) is 0 Å². The monoisotopic (exact) mass is 281 g/mol. The maximum absolute atomic E-state index is 11.5. The number of alkyl halides is 1. The van der Waals surface area contributed by atoms with Crippen LogP contribution in [-0.4, -0.2) is 11.5 Å². The van der Waals surface area contributed by atoms with Crippen LogP contribution >= 0.6 is 11.6 Å². The molecule has 0 aliphatic carbocycles. The Labute approximate surface area is 115 Å². The molecule has 0 aromatic heterocycles. The fourth-order valence-corrected chi connectivity index (χ4v) is 2.29. The lowest BCUT2D eigenvalue weighted by atomic mass is 10.0. The molecule has 0 fully saturated rings. The van der Waals surface area contributed by atoms with Crippen molar-refractivity contribution >= 4 is 23.2 Å². The summed E-state index contributed by atoms with van der Waals surface area (Å²) >= 11 is 5.83. The molecule has 3 rings (SSSR count). The van der Waals surface area contributed by atoms with Gasteiger partial charge in [0.15, 0.2) is 5.75 Å². The number of amides is 1. The third-order valence-corrected chi connectivity index (χ3v) is 3.34. The van der Waals surface area contributed by atoms with E-state index in [1.165, 1.54) is 12.5 Å². The third kappa shape index (κ3) is 1.90. The average molecular weight is 282 g/mol. The first-order valence-corrected chi connectivity index (χ1v) is 6.20. The van der Waals surface area contributed by atoms with E-state index >= 15 is 0 Å². The van der Waals surface area contributed by atoms with Crippen LogP contribution in [0.4, 0.5) is 5.69 Å². The summed E-state index contributed by atoms with van der Waals surface area (Å²) in [6, 6.07) is 3.69. The maximum atomic E-state index is 11.5. The van der Waals surface area contributed by atoms with Crippen LogP contribution in [0.15, 0.2) is 24.7 Å². The molecule has 0 bridgehead atoms. The molecule has 0 saturated carbocycles. The van der Waals surface area contributed by atoms with Gasteiger partial charge in [0, 0.05) is 6.92 Å². The number of halogens is 1. The molecule has 1 amide bonds. The Balaban J connectivity index is 2.13. The molecule has 0 saturated heterocycles. The molecule has 1 aromatic carbocycles. The number of rotatable bonds is 1. The largest absolute Gasteiger partial charge is 0.462 e. The Kier molecular flexibility index (Phi) is 2.60. The van der Waals surface area contributed by atoms with Crippen LogP contribution < -0.4 is 10.1 Å². The van der Waals surface area contributed by atoms with Gasteiger partial charge in [0.05, 0.1) is 11.3 Å². The summed E-state index contributed by atoms with van der Waals surface area (Å²) in [4.78, 5) is 11.5. The van der Waals surface area contributed by atoms with E-state index in [9.17, 15) is 4.79 Å². The number of anilines is 1. The van der Waals surface area contributed by atoms with E-state index in [1.54, 1.807) is 6.92 Å². The topological polar surface area (TPSA) is 56.8 Å². The molecule has 0 radical (unpaired) electrons. The molecule has 1 atom stereocenters. The Hall–Kier alpha value is -1.88. The fraction of sp³-hybridized carbons (Fsp3) is 0.308. The van der Waals surface area contributed by atoms with Crippen molar-refractivity contribution in [2.75, 3.05) is 5.32 Å². The number of aryl methyl sites for hydroxylation is 1. The number of carbonyl (C=O) groups excluding carboxylic acids is 1. The van der Waals surface area contributed by atoms with Crippen LogP contribution in [0.1, 0.15) is 18.1 Å². The van der Waals surface area contributed by atoms with Gasteiger partial charge in [0.1, 0.15) is 12.5 Å². The Morgan fingerprint density at radius 3 is 2.68 bits per heavy atom. The van der Waals surface area contributed by atoms with Crippen LogP contribution in [0.2, 0.25) is 0 Å². The molecule has 6 heteroatoms. The average Bonchev–Trinajstić information content (AvgIpc) is 2.78. The lowest BCUT2D eigenvalue weighted by molar-refractivity contribution is -0.135. The second-order valence-electron chi connectivity index (χ2n) is 4.57. The molecule has 1 unspecified atom stereocenters. The Bertz CT molecular complexity index is 576. The van der Waals surface area contributed by atoms with Gasteiger partial charge < -0.3 is 19.5 Å². The Morgan fingerprint density at radius 2 is 2.00 bits per heavy atom. The van der Waals surface area contributed by atoms with Crippen molar-refractivity contribution in [3.8, 4) is 5.75 Å². The highest BCUT2D eigenvalue weighted by Crippen LogP contribution is 2.44. The zero-order valence-corrected chi connectivity index (χ0v) is 11.2. The molecule has 2 aliphatic heterocycles. The minimum absolute atomic E-state index is 0.387. The van der Waals surface area contributed by atoms with Gasteiger partial charge in [0.25, 0.3) is 17.3 Å². The summed E-state index contributed by atoms with van der Waals surface area (Å²) in [5, 5.41) is 2.70. The van der Waals surface area contributed by atoms with E-state index < -0.39 is 11.4 Å². The second-order valence-corrected chi connectivity index (χ2v) is 4.96. The van der Waals surface area contributed by atoms with E-state index in [0.29, 0.717) is 17.0 Å². The number of benzene rings is 1. The van der Waals surface area contributed by atoms with E-state index in [0.717, 1.165) is 5.56 Å². The maximum Gasteiger partial charge on any atom is 0.281 e. The molecular weight excluding hydrogens is 270 g/mol. The first-order valence-electron chi connectivity index (χ1n) is 5.77. The van der Waals surface area contributed by atoms with Gasteiger partial charge in [-0.15, -0.1) is 0 Å². The summed E-state index contributed by atoms with van der Waals surface area (Å²) in [6.45, 7) is 3.68. The number of nitrogens with one attached hydrogen (secondary N) is 1. The summed E-state index contributed by atoms with van der Waals surface area (Å²) in [5.41, 5.74) is 1.13. The fourth-order valence-electron chi connectivity index (χ4n) is 2.15. The lowest BCUT2D eigenvalue weighted by Gasteiger charge is -2.30. The van der Waals surface area contributed by atoms with Crippen LogP contribution in [0, 0.1) is 6.92 Å².